The topological polar surface area (TPSA) is 93.9 Å². The summed E-state index contributed by atoms with van der Waals surface area (Å²) in [6, 6.07) is 9.07. The van der Waals surface area contributed by atoms with Gasteiger partial charge in [0.05, 0.1) is 41.6 Å². The summed E-state index contributed by atoms with van der Waals surface area (Å²) in [5, 5.41) is 14.3. The Morgan fingerprint density at radius 2 is 2.00 bits per heavy atom. The van der Waals surface area contributed by atoms with E-state index in [2.05, 4.69) is 5.32 Å². The monoisotopic (exact) mass is 391 g/mol. The van der Waals surface area contributed by atoms with Crippen LogP contribution in [0.4, 0.5) is 17.1 Å². The standard InChI is InChI=1S/C18H18ClN3O5/c1-26-17-5-2-12(10-14(17)19)18(23)20-15-4-3-13(22(24)25)11-16(15)21-6-8-27-9-7-21/h2-5,10-11H,6-9H2,1H3,(H,20,23). The van der Waals surface area contributed by atoms with E-state index in [1.54, 1.807) is 12.1 Å². The maximum absolute atomic E-state index is 12.6. The highest BCUT2D eigenvalue weighted by Crippen LogP contribution is 2.32. The van der Waals surface area contributed by atoms with Crippen LogP contribution in [0.2, 0.25) is 5.02 Å². The van der Waals surface area contributed by atoms with Crippen LogP contribution in [0.25, 0.3) is 0 Å². The molecule has 0 atom stereocenters. The summed E-state index contributed by atoms with van der Waals surface area (Å²) in [5.74, 6) is 0.0977. The summed E-state index contributed by atoms with van der Waals surface area (Å²) in [7, 11) is 1.49. The molecule has 1 saturated heterocycles. The third kappa shape index (κ3) is 4.29. The molecule has 2 aromatic rings. The van der Waals surface area contributed by atoms with E-state index in [0.717, 1.165) is 0 Å². The average molecular weight is 392 g/mol. The van der Waals surface area contributed by atoms with Crippen molar-refractivity contribution in [1.29, 1.82) is 0 Å². The molecule has 27 heavy (non-hydrogen) atoms. The van der Waals surface area contributed by atoms with Gasteiger partial charge in [0, 0.05) is 30.8 Å². The van der Waals surface area contributed by atoms with Crippen LogP contribution in [0.3, 0.4) is 0 Å². The van der Waals surface area contributed by atoms with E-state index < -0.39 is 4.92 Å². The lowest BCUT2D eigenvalue weighted by Gasteiger charge is -2.30. The van der Waals surface area contributed by atoms with Crippen molar-refractivity contribution in [3.8, 4) is 5.75 Å². The Bertz CT molecular complexity index is 868. The first-order chi connectivity index (χ1) is 13.0. The molecular weight excluding hydrogens is 374 g/mol. The Morgan fingerprint density at radius 1 is 1.26 bits per heavy atom. The third-order valence-corrected chi connectivity index (χ3v) is 4.50. The van der Waals surface area contributed by atoms with Crippen molar-refractivity contribution in [2.24, 2.45) is 0 Å². The van der Waals surface area contributed by atoms with Gasteiger partial charge in [-0.25, -0.2) is 0 Å². The Labute approximate surface area is 160 Å². The van der Waals surface area contributed by atoms with Crippen LogP contribution in [0, 0.1) is 10.1 Å². The molecule has 1 amide bonds. The lowest BCUT2D eigenvalue weighted by atomic mass is 10.1. The molecule has 1 aliphatic rings. The number of nitro groups is 1. The summed E-state index contributed by atoms with van der Waals surface area (Å²) >= 11 is 6.08. The second kappa shape index (κ2) is 8.24. The van der Waals surface area contributed by atoms with Gasteiger partial charge < -0.3 is 19.7 Å². The fourth-order valence-electron chi connectivity index (χ4n) is 2.81. The number of rotatable bonds is 5. The van der Waals surface area contributed by atoms with Gasteiger partial charge in [0.2, 0.25) is 0 Å². The molecule has 0 aliphatic carbocycles. The van der Waals surface area contributed by atoms with Crippen molar-refractivity contribution >= 4 is 34.6 Å². The zero-order valence-corrected chi connectivity index (χ0v) is 15.4. The number of carbonyl (C=O) groups is 1. The molecule has 1 aliphatic heterocycles. The number of nitrogens with one attached hydrogen (secondary N) is 1. The normalized spacial score (nSPS) is 13.9. The van der Waals surface area contributed by atoms with E-state index in [9.17, 15) is 14.9 Å². The highest BCUT2D eigenvalue weighted by Gasteiger charge is 2.20. The van der Waals surface area contributed by atoms with Gasteiger partial charge in [0.25, 0.3) is 11.6 Å². The molecule has 0 aromatic heterocycles. The summed E-state index contributed by atoms with van der Waals surface area (Å²) in [4.78, 5) is 25.3. The molecule has 2 aromatic carbocycles. The van der Waals surface area contributed by atoms with Crippen molar-refractivity contribution in [2.45, 2.75) is 0 Å². The zero-order chi connectivity index (χ0) is 19.4. The van der Waals surface area contributed by atoms with Gasteiger partial charge >= 0.3 is 0 Å². The number of halogens is 1. The summed E-state index contributed by atoms with van der Waals surface area (Å²) in [6.07, 6.45) is 0. The van der Waals surface area contributed by atoms with E-state index in [1.807, 2.05) is 4.90 Å². The van der Waals surface area contributed by atoms with Crippen molar-refractivity contribution in [1.82, 2.24) is 0 Å². The molecule has 0 spiro atoms. The molecule has 0 unspecified atom stereocenters. The minimum absolute atomic E-state index is 0.0398. The number of hydrogen-bond donors (Lipinski definition) is 1. The third-order valence-electron chi connectivity index (χ3n) is 4.21. The van der Waals surface area contributed by atoms with Crippen LogP contribution in [0.15, 0.2) is 36.4 Å². The van der Waals surface area contributed by atoms with Gasteiger partial charge in [0.1, 0.15) is 5.75 Å². The minimum atomic E-state index is -0.460. The minimum Gasteiger partial charge on any atom is -0.495 e. The second-order valence-corrected chi connectivity index (χ2v) is 6.27. The van der Waals surface area contributed by atoms with E-state index in [-0.39, 0.29) is 11.6 Å². The number of benzene rings is 2. The molecule has 8 nitrogen and oxygen atoms in total. The molecule has 0 bridgehead atoms. The fraction of sp³-hybridized carbons (Fsp3) is 0.278. The first-order valence-electron chi connectivity index (χ1n) is 8.25. The second-order valence-electron chi connectivity index (χ2n) is 5.86. The van der Waals surface area contributed by atoms with Crippen LogP contribution in [-0.2, 0) is 4.74 Å². The quantitative estimate of drug-likeness (QED) is 0.620. The van der Waals surface area contributed by atoms with Crippen molar-refractivity contribution < 1.29 is 19.2 Å². The summed E-state index contributed by atoms with van der Waals surface area (Å²) < 4.78 is 10.4. The molecule has 0 saturated carbocycles. The Kier molecular flexibility index (Phi) is 5.78. The number of anilines is 2. The predicted octanol–water partition coefficient (Wildman–Crippen LogP) is 3.35. The van der Waals surface area contributed by atoms with Gasteiger partial charge in [-0.2, -0.15) is 0 Å². The van der Waals surface area contributed by atoms with Gasteiger partial charge in [0.15, 0.2) is 0 Å². The van der Waals surface area contributed by atoms with Crippen molar-refractivity contribution in [3.05, 3.63) is 57.1 Å². The molecule has 142 valence electrons. The molecule has 1 heterocycles. The fourth-order valence-corrected chi connectivity index (χ4v) is 3.06. The molecule has 1 N–H and O–H groups in total. The zero-order valence-electron chi connectivity index (χ0n) is 14.6. The van der Waals surface area contributed by atoms with E-state index >= 15 is 0 Å². The predicted molar refractivity (Wildman–Crippen MR) is 102 cm³/mol. The highest BCUT2D eigenvalue weighted by atomic mass is 35.5. The van der Waals surface area contributed by atoms with Crippen LogP contribution in [0.1, 0.15) is 10.4 Å². The van der Waals surface area contributed by atoms with Gasteiger partial charge in [-0.05, 0) is 24.3 Å². The number of hydrogen-bond acceptors (Lipinski definition) is 6. The number of carbonyl (C=O) groups excluding carboxylic acids is 1. The summed E-state index contributed by atoms with van der Waals surface area (Å²) in [5.41, 5.74) is 1.38. The number of ether oxygens (including phenoxy) is 2. The highest BCUT2D eigenvalue weighted by molar-refractivity contribution is 6.32. The van der Waals surface area contributed by atoms with Gasteiger partial charge in [-0.1, -0.05) is 11.6 Å². The largest absolute Gasteiger partial charge is 0.495 e. The van der Waals surface area contributed by atoms with E-state index in [1.165, 1.54) is 31.4 Å². The first kappa shape index (κ1) is 18.9. The Morgan fingerprint density at radius 3 is 2.63 bits per heavy atom. The van der Waals surface area contributed by atoms with Crippen molar-refractivity contribution in [2.75, 3.05) is 43.6 Å². The number of morpholine rings is 1. The van der Waals surface area contributed by atoms with Crippen LogP contribution < -0.4 is 15.0 Å². The average Bonchev–Trinajstić information content (AvgIpc) is 2.68. The maximum Gasteiger partial charge on any atom is 0.271 e. The van der Waals surface area contributed by atoms with Crippen molar-refractivity contribution in [3.63, 3.8) is 0 Å². The lowest BCUT2D eigenvalue weighted by Crippen LogP contribution is -2.36. The number of nitrogens with zero attached hydrogens (tertiary/aromatic N) is 2. The first-order valence-corrected chi connectivity index (χ1v) is 8.63. The SMILES string of the molecule is COc1ccc(C(=O)Nc2ccc([N+](=O)[O-])cc2N2CCOCC2)cc1Cl. The van der Waals surface area contributed by atoms with Gasteiger partial charge in [-0.3, -0.25) is 14.9 Å². The number of non-ortho nitro benzene ring substituents is 1. The molecule has 1 fully saturated rings. The molecular formula is C18H18ClN3O5. The number of methoxy groups -OCH3 is 1. The smallest absolute Gasteiger partial charge is 0.271 e. The number of amides is 1. The molecule has 3 rings (SSSR count). The van der Waals surface area contributed by atoms with Gasteiger partial charge in [-0.15, -0.1) is 0 Å². The Balaban J connectivity index is 1.89. The van der Waals surface area contributed by atoms with Crippen LogP contribution >= 0.6 is 11.6 Å². The lowest BCUT2D eigenvalue weighted by molar-refractivity contribution is -0.384. The van der Waals surface area contributed by atoms with Crippen LogP contribution in [-0.4, -0.2) is 44.2 Å². The summed E-state index contributed by atoms with van der Waals surface area (Å²) in [6.45, 7) is 2.20. The maximum atomic E-state index is 12.6. The Hall–Kier alpha value is -2.84. The number of nitro benzene ring substituents is 1. The molecule has 9 heteroatoms. The van der Waals surface area contributed by atoms with Crippen LogP contribution in [0.5, 0.6) is 5.75 Å². The van der Waals surface area contributed by atoms with E-state index in [4.69, 9.17) is 21.1 Å². The molecule has 0 radical (unpaired) electrons. The van der Waals surface area contributed by atoms with E-state index in [0.29, 0.717) is 54.0 Å².